The molecule has 2 aromatic rings. The second kappa shape index (κ2) is 5.11. The summed E-state index contributed by atoms with van der Waals surface area (Å²) in [5.41, 5.74) is 0.799. The molecule has 0 unspecified atom stereocenters. The second-order valence-electron chi connectivity index (χ2n) is 4.01. The first-order valence-electron chi connectivity index (χ1n) is 5.47. The zero-order valence-corrected chi connectivity index (χ0v) is 11.7. The molecule has 2 aromatic carbocycles. The van der Waals surface area contributed by atoms with E-state index in [1.807, 2.05) is 0 Å². The number of rotatable bonds is 3. The maximum absolute atomic E-state index is 12.2. The average molecular weight is 298 g/mol. The number of nitrogens with one attached hydrogen (secondary N) is 1. The highest BCUT2D eigenvalue weighted by Crippen LogP contribution is 2.26. The van der Waals surface area contributed by atoms with E-state index in [1.54, 1.807) is 31.2 Å². The van der Waals surface area contributed by atoms with Crippen molar-refractivity contribution in [1.82, 2.24) is 0 Å². The zero-order chi connectivity index (χ0) is 14.0. The number of anilines is 1. The van der Waals surface area contributed by atoms with Crippen LogP contribution in [-0.2, 0) is 10.0 Å². The number of aromatic hydroxyl groups is 1. The van der Waals surface area contributed by atoms with Crippen LogP contribution in [0.4, 0.5) is 5.69 Å². The molecule has 0 bridgehead atoms. The van der Waals surface area contributed by atoms with Gasteiger partial charge in [0.2, 0.25) is 0 Å². The minimum atomic E-state index is -3.72. The lowest BCUT2D eigenvalue weighted by Crippen LogP contribution is -2.13. The lowest BCUT2D eigenvalue weighted by atomic mass is 10.2. The van der Waals surface area contributed by atoms with Crippen LogP contribution in [0.3, 0.4) is 0 Å². The number of halogens is 1. The van der Waals surface area contributed by atoms with Crippen LogP contribution in [0.5, 0.6) is 5.75 Å². The van der Waals surface area contributed by atoms with Crippen LogP contribution in [-0.4, -0.2) is 13.5 Å². The van der Waals surface area contributed by atoms with E-state index in [-0.39, 0.29) is 10.6 Å². The van der Waals surface area contributed by atoms with Crippen molar-refractivity contribution in [3.63, 3.8) is 0 Å². The minimum absolute atomic E-state index is 0.0336. The van der Waals surface area contributed by atoms with E-state index >= 15 is 0 Å². The molecule has 0 aliphatic rings. The van der Waals surface area contributed by atoms with Crippen molar-refractivity contribution >= 4 is 27.3 Å². The standard InChI is InChI=1S/C13H12ClNO3S/c1-9-12(6-3-7-13(9)16)15-19(17,18)11-5-2-4-10(14)8-11/h2-8,15-16H,1H3. The Kier molecular flexibility index (Phi) is 3.68. The number of hydrogen-bond donors (Lipinski definition) is 2. The molecular formula is C13H12ClNO3S. The highest BCUT2D eigenvalue weighted by Gasteiger charge is 2.16. The molecule has 2 N–H and O–H groups in total. The van der Waals surface area contributed by atoms with Gasteiger partial charge in [-0.15, -0.1) is 0 Å². The summed E-state index contributed by atoms with van der Waals surface area (Å²) in [6.45, 7) is 1.63. The van der Waals surface area contributed by atoms with Crippen molar-refractivity contribution in [1.29, 1.82) is 0 Å². The second-order valence-corrected chi connectivity index (χ2v) is 6.13. The largest absolute Gasteiger partial charge is 0.508 e. The van der Waals surface area contributed by atoms with E-state index in [9.17, 15) is 13.5 Å². The third kappa shape index (κ3) is 3.00. The quantitative estimate of drug-likeness (QED) is 0.914. The topological polar surface area (TPSA) is 66.4 Å². The first kappa shape index (κ1) is 13.7. The summed E-state index contributed by atoms with van der Waals surface area (Å²) in [5.74, 6) is 0.0336. The van der Waals surface area contributed by atoms with Gasteiger partial charge in [-0.25, -0.2) is 8.42 Å². The summed E-state index contributed by atoms with van der Waals surface area (Å²) in [4.78, 5) is 0.0720. The van der Waals surface area contributed by atoms with Gasteiger partial charge in [-0.2, -0.15) is 0 Å². The van der Waals surface area contributed by atoms with Gasteiger partial charge in [0, 0.05) is 10.6 Å². The van der Waals surface area contributed by atoms with Crippen LogP contribution in [0.25, 0.3) is 0 Å². The molecule has 0 amide bonds. The van der Waals surface area contributed by atoms with Crippen molar-refractivity contribution in [3.05, 3.63) is 53.1 Å². The third-order valence-electron chi connectivity index (χ3n) is 2.66. The summed E-state index contributed by atoms with van der Waals surface area (Å²) in [6.07, 6.45) is 0. The van der Waals surface area contributed by atoms with Crippen LogP contribution in [0.1, 0.15) is 5.56 Å². The van der Waals surface area contributed by atoms with Crippen molar-refractivity contribution < 1.29 is 13.5 Å². The van der Waals surface area contributed by atoms with Crippen LogP contribution >= 0.6 is 11.6 Å². The Hall–Kier alpha value is -1.72. The monoisotopic (exact) mass is 297 g/mol. The molecule has 0 saturated carbocycles. The van der Waals surface area contributed by atoms with Gasteiger partial charge in [0.05, 0.1) is 10.6 Å². The molecule has 2 rings (SSSR count). The van der Waals surface area contributed by atoms with Crippen molar-refractivity contribution in [2.24, 2.45) is 0 Å². The predicted molar refractivity (Wildman–Crippen MR) is 75.1 cm³/mol. The van der Waals surface area contributed by atoms with E-state index < -0.39 is 10.0 Å². The van der Waals surface area contributed by atoms with Gasteiger partial charge in [0.1, 0.15) is 5.75 Å². The van der Waals surface area contributed by atoms with E-state index in [0.29, 0.717) is 16.3 Å². The molecule has 19 heavy (non-hydrogen) atoms. The summed E-state index contributed by atoms with van der Waals surface area (Å²) in [5, 5.41) is 9.90. The first-order chi connectivity index (χ1) is 8.90. The molecule has 0 radical (unpaired) electrons. The van der Waals surface area contributed by atoms with E-state index in [0.717, 1.165) is 0 Å². The van der Waals surface area contributed by atoms with E-state index in [2.05, 4.69) is 4.72 Å². The lowest BCUT2D eigenvalue weighted by molar-refractivity contribution is 0.471. The third-order valence-corrected chi connectivity index (χ3v) is 4.25. The summed E-state index contributed by atoms with van der Waals surface area (Å²) in [6, 6.07) is 10.6. The van der Waals surface area contributed by atoms with Gasteiger partial charge < -0.3 is 5.11 Å². The van der Waals surface area contributed by atoms with Gasteiger partial charge in [-0.1, -0.05) is 23.7 Å². The molecule has 0 saturated heterocycles. The lowest BCUT2D eigenvalue weighted by Gasteiger charge is -2.11. The van der Waals surface area contributed by atoms with E-state index in [1.165, 1.54) is 18.2 Å². The number of sulfonamides is 1. The Bertz CT molecular complexity index is 714. The maximum Gasteiger partial charge on any atom is 0.261 e. The van der Waals surface area contributed by atoms with Crippen LogP contribution < -0.4 is 4.72 Å². The van der Waals surface area contributed by atoms with Crippen LogP contribution in [0.15, 0.2) is 47.4 Å². The molecule has 100 valence electrons. The van der Waals surface area contributed by atoms with Gasteiger partial charge in [0.25, 0.3) is 10.0 Å². The van der Waals surface area contributed by atoms with Gasteiger partial charge in [-0.05, 0) is 37.3 Å². The SMILES string of the molecule is Cc1c(O)cccc1NS(=O)(=O)c1cccc(Cl)c1. The van der Waals surface area contributed by atoms with Gasteiger partial charge >= 0.3 is 0 Å². The number of hydrogen-bond acceptors (Lipinski definition) is 3. The number of benzene rings is 2. The Labute approximate surface area is 116 Å². The Morgan fingerprint density at radius 2 is 1.84 bits per heavy atom. The van der Waals surface area contributed by atoms with Crippen LogP contribution in [0.2, 0.25) is 5.02 Å². The minimum Gasteiger partial charge on any atom is -0.508 e. The molecule has 0 aromatic heterocycles. The molecule has 0 aliphatic heterocycles. The molecular weight excluding hydrogens is 286 g/mol. The van der Waals surface area contributed by atoms with Gasteiger partial charge in [0.15, 0.2) is 0 Å². The Morgan fingerprint density at radius 3 is 2.53 bits per heavy atom. The van der Waals surface area contributed by atoms with Crippen molar-refractivity contribution in [3.8, 4) is 5.75 Å². The number of phenolic OH excluding ortho intramolecular Hbond substituents is 1. The fourth-order valence-corrected chi connectivity index (χ4v) is 3.00. The number of phenols is 1. The summed E-state index contributed by atoms with van der Waals surface area (Å²) < 4.78 is 26.8. The fraction of sp³-hybridized carbons (Fsp3) is 0.0769. The van der Waals surface area contributed by atoms with Crippen LogP contribution in [0, 0.1) is 6.92 Å². The molecule has 4 nitrogen and oxygen atoms in total. The smallest absolute Gasteiger partial charge is 0.261 e. The molecule has 6 heteroatoms. The highest BCUT2D eigenvalue weighted by molar-refractivity contribution is 7.92. The fourth-order valence-electron chi connectivity index (χ4n) is 1.57. The summed E-state index contributed by atoms with van der Waals surface area (Å²) >= 11 is 5.78. The summed E-state index contributed by atoms with van der Waals surface area (Å²) in [7, 11) is -3.72. The molecule has 0 aliphatic carbocycles. The molecule has 0 spiro atoms. The first-order valence-corrected chi connectivity index (χ1v) is 7.33. The normalized spacial score (nSPS) is 11.3. The Morgan fingerprint density at radius 1 is 1.16 bits per heavy atom. The van der Waals surface area contributed by atoms with Crippen molar-refractivity contribution in [2.75, 3.05) is 4.72 Å². The molecule has 0 atom stereocenters. The average Bonchev–Trinajstić information content (AvgIpc) is 2.35. The van der Waals surface area contributed by atoms with E-state index in [4.69, 9.17) is 11.6 Å². The van der Waals surface area contributed by atoms with Crippen molar-refractivity contribution in [2.45, 2.75) is 11.8 Å². The zero-order valence-electron chi connectivity index (χ0n) is 10.1. The Balaban J connectivity index is 2.39. The predicted octanol–water partition coefficient (Wildman–Crippen LogP) is 3.15. The molecule has 0 fully saturated rings. The maximum atomic E-state index is 12.2. The highest BCUT2D eigenvalue weighted by atomic mass is 35.5. The van der Waals surface area contributed by atoms with Gasteiger partial charge in [-0.3, -0.25) is 4.72 Å². The molecule has 0 heterocycles.